The van der Waals surface area contributed by atoms with Crippen LogP contribution in [0.25, 0.3) is 0 Å². The molecule has 3 N–H and O–H groups in total. The Bertz CT molecular complexity index is 404. The molecule has 1 rings (SSSR count). The maximum atomic E-state index is 10.6. The quantitative estimate of drug-likeness (QED) is 0.506. The van der Waals surface area contributed by atoms with Gasteiger partial charge in [0.15, 0.2) is 0 Å². The van der Waals surface area contributed by atoms with Gasteiger partial charge >= 0.3 is 72.9 Å². The molecule has 0 amide bonds. The fourth-order valence-electron chi connectivity index (χ4n) is 0.851. The Kier molecular flexibility index (Phi) is 9.34. The van der Waals surface area contributed by atoms with Crippen LogP contribution in [0.3, 0.4) is 0 Å². The molecule has 9 heteroatoms. The average molecular weight is 266 g/mol. The summed E-state index contributed by atoms with van der Waals surface area (Å²) in [6.45, 7) is 0. The summed E-state index contributed by atoms with van der Waals surface area (Å²) in [6.07, 6.45) is 0. The minimum absolute atomic E-state index is 0. The number of carboxylic acid groups (broad SMARTS) is 1. The second kappa shape index (κ2) is 7.87. The number of phosphoric ester groups is 1. The molecular weight excluding hydrogens is 257 g/mol. The summed E-state index contributed by atoms with van der Waals surface area (Å²) in [6, 6.07) is 5.20. The van der Waals surface area contributed by atoms with E-state index < -0.39 is 13.8 Å². The molecule has 0 atom stereocenters. The molecule has 80 valence electrons. The summed E-state index contributed by atoms with van der Waals surface area (Å²) < 4.78 is 14.6. The van der Waals surface area contributed by atoms with E-state index in [9.17, 15) is 9.36 Å². The van der Waals surface area contributed by atoms with Crippen LogP contribution in [-0.4, -0.2) is 80.0 Å². The number of benzene rings is 1. The Morgan fingerprint density at radius 1 is 1.19 bits per heavy atom. The van der Waals surface area contributed by atoms with E-state index in [0.29, 0.717) is 0 Å². The Balaban J connectivity index is 0. The van der Waals surface area contributed by atoms with E-state index in [1.807, 2.05) is 0 Å². The Morgan fingerprint density at radius 2 is 1.69 bits per heavy atom. The summed E-state index contributed by atoms with van der Waals surface area (Å²) in [5, 5.41) is 8.63. The van der Waals surface area contributed by atoms with Crippen molar-refractivity contribution >= 4 is 72.9 Å². The normalized spacial score (nSPS) is 9.62. The molecule has 0 aliphatic heterocycles. The third-order valence-electron chi connectivity index (χ3n) is 1.33. The van der Waals surface area contributed by atoms with Crippen LogP contribution in [0, 0.1) is 0 Å². The topological polar surface area (TPSA) is 104 Å². The first-order chi connectivity index (χ1) is 6.40. The van der Waals surface area contributed by atoms with Gasteiger partial charge in [-0.3, -0.25) is 9.79 Å². The van der Waals surface area contributed by atoms with Crippen molar-refractivity contribution in [2.75, 3.05) is 0 Å². The standard InChI is InChI=1S/C7H7O6P.2Na.2H/c8-7(9)5-3-1-2-4-6(5)13-14(10,11)12;;;;/h1-4H,(H,8,9)(H2,10,11,12);;;;. The van der Waals surface area contributed by atoms with Gasteiger partial charge in [0.25, 0.3) is 0 Å². The SMILES string of the molecule is O=C(O)c1ccccc1OP(=O)(O)O.[NaH].[NaH]. The van der Waals surface area contributed by atoms with E-state index in [4.69, 9.17) is 14.9 Å². The Morgan fingerprint density at radius 3 is 2.12 bits per heavy atom. The van der Waals surface area contributed by atoms with E-state index in [1.54, 1.807) is 0 Å². The van der Waals surface area contributed by atoms with Gasteiger partial charge in [-0.2, -0.15) is 0 Å². The number of phosphoric acid groups is 1. The van der Waals surface area contributed by atoms with Crippen LogP contribution in [0.15, 0.2) is 24.3 Å². The van der Waals surface area contributed by atoms with Gasteiger partial charge in [0.05, 0.1) is 0 Å². The van der Waals surface area contributed by atoms with Gasteiger partial charge in [-0.15, -0.1) is 0 Å². The third-order valence-corrected chi connectivity index (χ3v) is 1.77. The second-order valence-electron chi connectivity index (χ2n) is 2.38. The molecule has 0 fully saturated rings. The number of carbonyl (C=O) groups is 1. The van der Waals surface area contributed by atoms with Crippen molar-refractivity contribution < 1.29 is 28.8 Å². The van der Waals surface area contributed by atoms with Gasteiger partial charge in [0.2, 0.25) is 0 Å². The van der Waals surface area contributed by atoms with Gasteiger partial charge in [-0.25, -0.2) is 9.36 Å². The minimum atomic E-state index is -4.72. The second-order valence-corrected chi connectivity index (χ2v) is 3.55. The molecule has 0 aliphatic carbocycles. The van der Waals surface area contributed by atoms with Gasteiger partial charge in [0.1, 0.15) is 11.3 Å². The van der Waals surface area contributed by atoms with Gasteiger partial charge in [-0.05, 0) is 12.1 Å². The molecule has 0 aromatic heterocycles. The first kappa shape index (κ1) is 19.0. The summed E-state index contributed by atoms with van der Waals surface area (Å²) in [4.78, 5) is 27.5. The van der Waals surface area contributed by atoms with Crippen LogP contribution < -0.4 is 4.52 Å². The first-order valence-electron chi connectivity index (χ1n) is 3.47. The molecule has 0 saturated heterocycles. The predicted octanol–water partition coefficient (Wildman–Crippen LogP) is -0.441. The molecule has 16 heavy (non-hydrogen) atoms. The Labute approximate surface area is 136 Å². The van der Waals surface area contributed by atoms with Crippen LogP contribution in [0.4, 0.5) is 0 Å². The molecule has 0 radical (unpaired) electrons. The zero-order chi connectivity index (χ0) is 10.8. The van der Waals surface area contributed by atoms with Crippen LogP contribution in [0.5, 0.6) is 5.75 Å². The summed E-state index contributed by atoms with van der Waals surface area (Å²) in [5.74, 6) is -1.66. The van der Waals surface area contributed by atoms with Crippen LogP contribution >= 0.6 is 7.82 Å². The van der Waals surface area contributed by atoms with E-state index in [-0.39, 0.29) is 70.4 Å². The van der Waals surface area contributed by atoms with Crippen molar-refractivity contribution in [3.63, 3.8) is 0 Å². The van der Waals surface area contributed by atoms with Gasteiger partial charge in [0, 0.05) is 0 Å². The van der Waals surface area contributed by atoms with E-state index in [2.05, 4.69) is 4.52 Å². The molecule has 0 unspecified atom stereocenters. The van der Waals surface area contributed by atoms with Crippen molar-refractivity contribution in [3.05, 3.63) is 29.8 Å². The third kappa shape index (κ3) is 6.39. The maximum absolute atomic E-state index is 10.6. The van der Waals surface area contributed by atoms with E-state index in [0.717, 1.165) is 0 Å². The van der Waals surface area contributed by atoms with Crippen molar-refractivity contribution in [1.29, 1.82) is 0 Å². The molecule has 0 spiro atoms. The Hall–Kier alpha value is 0.640. The molecule has 6 nitrogen and oxygen atoms in total. The van der Waals surface area contributed by atoms with Crippen LogP contribution in [0.1, 0.15) is 10.4 Å². The van der Waals surface area contributed by atoms with E-state index >= 15 is 0 Å². The molecule has 1 aromatic carbocycles. The fraction of sp³-hybridized carbons (Fsp3) is 0. The summed E-state index contributed by atoms with van der Waals surface area (Å²) in [5.41, 5.74) is -0.296. The zero-order valence-corrected chi connectivity index (χ0v) is 7.72. The average Bonchev–Trinajstić information content (AvgIpc) is 2.01. The van der Waals surface area contributed by atoms with E-state index in [1.165, 1.54) is 24.3 Å². The molecule has 0 bridgehead atoms. The van der Waals surface area contributed by atoms with Gasteiger partial charge in [-0.1, -0.05) is 12.1 Å². The van der Waals surface area contributed by atoms with Crippen LogP contribution in [-0.2, 0) is 4.57 Å². The number of carboxylic acids is 1. The number of hydrogen-bond donors (Lipinski definition) is 3. The number of rotatable bonds is 3. The van der Waals surface area contributed by atoms with Crippen molar-refractivity contribution in [1.82, 2.24) is 0 Å². The number of hydrogen-bond acceptors (Lipinski definition) is 3. The fourth-order valence-corrected chi connectivity index (χ4v) is 1.27. The summed E-state index contributed by atoms with van der Waals surface area (Å²) in [7, 11) is -4.72. The number of para-hydroxylation sites is 1. The molecule has 0 saturated carbocycles. The zero-order valence-electron chi connectivity index (χ0n) is 6.82. The molecular formula is C7H9Na2O6P. The van der Waals surface area contributed by atoms with Crippen molar-refractivity contribution in [2.45, 2.75) is 0 Å². The predicted molar refractivity (Wildman–Crippen MR) is 60.4 cm³/mol. The van der Waals surface area contributed by atoms with Gasteiger partial charge < -0.3 is 9.63 Å². The van der Waals surface area contributed by atoms with Crippen LogP contribution in [0.2, 0.25) is 0 Å². The summed E-state index contributed by atoms with van der Waals surface area (Å²) >= 11 is 0. The molecule has 0 heterocycles. The first-order valence-corrected chi connectivity index (χ1v) is 5.00. The molecule has 0 aliphatic rings. The van der Waals surface area contributed by atoms with Crippen molar-refractivity contribution in [3.8, 4) is 5.75 Å². The molecule has 1 aromatic rings. The number of aromatic carboxylic acids is 1. The van der Waals surface area contributed by atoms with Crippen molar-refractivity contribution in [2.24, 2.45) is 0 Å². The monoisotopic (exact) mass is 266 g/mol.